The highest BCUT2D eigenvalue weighted by molar-refractivity contribution is 8.01. The van der Waals surface area contributed by atoms with Crippen LogP contribution < -0.4 is 10.6 Å². The van der Waals surface area contributed by atoms with Gasteiger partial charge in [-0.15, -0.1) is 10.2 Å². The second-order valence-electron chi connectivity index (χ2n) is 4.95. The summed E-state index contributed by atoms with van der Waals surface area (Å²) in [4.78, 5) is 2.98. The Balaban J connectivity index is 2.25. The van der Waals surface area contributed by atoms with Gasteiger partial charge in [-0.1, -0.05) is 53.8 Å². The molecule has 1 heterocycles. The van der Waals surface area contributed by atoms with Gasteiger partial charge in [0.1, 0.15) is 0 Å². The molecule has 0 saturated heterocycles. The molecule has 7 heteroatoms. The molecule has 2 rings (SSSR count). The van der Waals surface area contributed by atoms with Crippen molar-refractivity contribution in [2.45, 2.75) is 35.0 Å². The van der Waals surface area contributed by atoms with E-state index >= 15 is 0 Å². The van der Waals surface area contributed by atoms with Crippen molar-refractivity contribution in [1.29, 1.82) is 0 Å². The van der Waals surface area contributed by atoms with Gasteiger partial charge in [-0.05, 0) is 24.5 Å². The van der Waals surface area contributed by atoms with Crippen LogP contribution in [0.15, 0.2) is 27.4 Å². The molecule has 1 aromatic heterocycles. The first-order valence-corrected chi connectivity index (χ1v) is 8.74. The van der Waals surface area contributed by atoms with E-state index in [1.165, 1.54) is 5.56 Å². The van der Waals surface area contributed by atoms with Crippen LogP contribution in [0.5, 0.6) is 0 Å². The Bertz CT molecular complexity index is 600. The topological polar surface area (TPSA) is 55.0 Å². The van der Waals surface area contributed by atoms with E-state index in [2.05, 4.69) is 23.2 Å². The van der Waals surface area contributed by atoms with Crippen LogP contribution in [0.1, 0.15) is 18.9 Å². The molecule has 114 valence electrons. The largest absolute Gasteiger partial charge is 0.353 e. The highest BCUT2D eigenvalue weighted by atomic mass is 35.5. The standard InChI is InChI=1S/C14H19ClN4S2/c1-4-10(16)8-9-6-5-7-11(15)12(9)20-14-18-17-13(21-14)19(2)3/h5-7,10H,4,8,16H2,1-3H3. The molecule has 1 unspecified atom stereocenters. The van der Waals surface area contributed by atoms with Crippen LogP contribution in [0.3, 0.4) is 0 Å². The summed E-state index contributed by atoms with van der Waals surface area (Å²) >= 11 is 9.48. The van der Waals surface area contributed by atoms with Gasteiger partial charge in [0.2, 0.25) is 5.13 Å². The van der Waals surface area contributed by atoms with Gasteiger partial charge in [-0.3, -0.25) is 0 Å². The summed E-state index contributed by atoms with van der Waals surface area (Å²) in [5.41, 5.74) is 7.25. The summed E-state index contributed by atoms with van der Waals surface area (Å²) in [5, 5.41) is 9.99. The summed E-state index contributed by atoms with van der Waals surface area (Å²) in [6, 6.07) is 6.10. The summed E-state index contributed by atoms with van der Waals surface area (Å²) in [5.74, 6) is 0. The zero-order valence-electron chi connectivity index (χ0n) is 12.3. The Morgan fingerprint density at radius 1 is 1.38 bits per heavy atom. The number of hydrogen-bond donors (Lipinski definition) is 1. The molecule has 1 atom stereocenters. The average molecular weight is 343 g/mol. The van der Waals surface area contributed by atoms with E-state index in [4.69, 9.17) is 17.3 Å². The molecule has 21 heavy (non-hydrogen) atoms. The fourth-order valence-electron chi connectivity index (χ4n) is 1.77. The van der Waals surface area contributed by atoms with Crippen molar-refractivity contribution in [3.63, 3.8) is 0 Å². The van der Waals surface area contributed by atoms with E-state index in [0.717, 1.165) is 32.2 Å². The van der Waals surface area contributed by atoms with Crippen molar-refractivity contribution in [2.75, 3.05) is 19.0 Å². The van der Waals surface area contributed by atoms with Crippen molar-refractivity contribution in [3.8, 4) is 0 Å². The number of hydrogen-bond acceptors (Lipinski definition) is 6. The minimum atomic E-state index is 0.148. The number of halogens is 1. The molecule has 4 nitrogen and oxygen atoms in total. The van der Waals surface area contributed by atoms with Gasteiger partial charge in [-0.2, -0.15) is 0 Å². The SMILES string of the molecule is CCC(N)Cc1cccc(Cl)c1Sc1nnc(N(C)C)s1. The summed E-state index contributed by atoms with van der Waals surface area (Å²) < 4.78 is 0.887. The van der Waals surface area contributed by atoms with Crippen LogP contribution in [-0.2, 0) is 6.42 Å². The maximum atomic E-state index is 6.36. The van der Waals surface area contributed by atoms with Gasteiger partial charge in [0.25, 0.3) is 0 Å². The lowest BCUT2D eigenvalue weighted by molar-refractivity contribution is 0.641. The van der Waals surface area contributed by atoms with Gasteiger partial charge >= 0.3 is 0 Å². The molecule has 0 amide bonds. The van der Waals surface area contributed by atoms with Crippen LogP contribution in [-0.4, -0.2) is 30.3 Å². The number of aromatic nitrogens is 2. The maximum Gasteiger partial charge on any atom is 0.208 e. The first kappa shape index (κ1) is 16.5. The summed E-state index contributed by atoms with van der Waals surface area (Å²) in [6.45, 7) is 2.09. The van der Waals surface area contributed by atoms with Gasteiger partial charge in [0.15, 0.2) is 4.34 Å². The third-order valence-electron chi connectivity index (χ3n) is 3.02. The average Bonchev–Trinajstić information content (AvgIpc) is 2.91. The summed E-state index contributed by atoms with van der Waals surface area (Å²) in [7, 11) is 3.91. The minimum absolute atomic E-state index is 0.148. The van der Waals surface area contributed by atoms with E-state index < -0.39 is 0 Å². The molecule has 0 aliphatic carbocycles. The van der Waals surface area contributed by atoms with Gasteiger partial charge < -0.3 is 10.6 Å². The van der Waals surface area contributed by atoms with Crippen molar-refractivity contribution in [1.82, 2.24) is 10.2 Å². The highest BCUT2D eigenvalue weighted by Gasteiger charge is 2.14. The lowest BCUT2D eigenvalue weighted by Gasteiger charge is -2.13. The number of anilines is 1. The molecule has 2 N–H and O–H groups in total. The normalized spacial score (nSPS) is 12.4. The Morgan fingerprint density at radius 3 is 2.76 bits per heavy atom. The Morgan fingerprint density at radius 2 is 2.14 bits per heavy atom. The molecule has 0 spiro atoms. The fraction of sp³-hybridized carbons (Fsp3) is 0.429. The smallest absolute Gasteiger partial charge is 0.208 e. The van der Waals surface area contributed by atoms with E-state index in [-0.39, 0.29) is 6.04 Å². The molecule has 0 fully saturated rings. The monoisotopic (exact) mass is 342 g/mol. The minimum Gasteiger partial charge on any atom is -0.353 e. The van der Waals surface area contributed by atoms with Gasteiger partial charge in [0.05, 0.1) is 5.02 Å². The first-order valence-electron chi connectivity index (χ1n) is 6.73. The molecule has 2 aromatic rings. The quantitative estimate of drug-likeness (QED) is 0.867. The van der Waals surface area contributed by atoms with E-state index in [1.54, 1.807) is 23.1 Å². The van der Waals surface area contributed by atoms with Crippen LogP contribution in [0.25, 0.3) is 0 Å². The Labute approximate surface area is 138 Å². The van der Waals surface area contributed by atoms with Gasteiger partial charge in [-0.25, -0.2) is 0 Å². The third-order valence-corrected chi connectivity index (χ3v) is 5.78. The molecule has 1 aromatic carbocycles. The molecular weight excluding hydrogens is 324 g/mol. The first-order chi connectivity index (χ1) is 10.0. The predicted octanol–water partition coefficient (Wildman–Crippen LogP) is 3.69. The van der Waals surface area contributed by atoms with E-state index in [9.17, 15) is 0 Å². The predicted molar refractivity (Wildman–Crippen MR) is 91.8 cm³/mol. The second kappa shape index (κ2) is 7.45. The molecular formula is C14H19ClN4S2. The molecule has 0 aliphatic rings. The zero-order valence-corrected chi connectivity index (χ0v) is 14.7. The van der Waals surface area contributed by atoms with Crippen molar-refractivity contribution in [2.24, 2.45) is 5.73 Å². The molecule has 0 bridgehead atoms. The van der Waals surface area contributed by atoms with Crippen molar-refractivity contribution in [3.05, 3.63) is 28.8 Å². The number of rotatable bonds is 6. The third kappa shape index (κ3) is 4.32. The van der Waals surface area contributed by atoms with E-state index in [0.29, 0.717) is 0 Å². The van der Waals surface area contributed by atoms with Crippen molar-refractivity contribution >= 4 is 39.8 Å². The molecule has 0 saturated carbocycles. The zero-order chi connectivity index (χ0) is 15.4. The number of benzene rings is 1. The van der Waals surface area contributed by atoms with Crippen LogP contribution in [0, 0.1) is 0 Å². The van der Waals surface area contributed by atoms with Crippen LogP contribution >= 0.6 is 34.7 Å². The Kier molecular flexibility index (Phi) is 5.87. The van der Waals surface area contributed by atoms with Crippen LogP contribution in [0.2, 0.25) is 5.02 Å². The number of nitrogens with two attached hydrogens (primary N) is 1. The molecule has 0 radical (unpaired) electrons. The lowest BCUT2D eigenvalue weighted by atomic mass is 10.0. The van der Waals surface area contributed by atoms with Gasteiger partial charge in [0, 0.05) is 25.0 Å². The van der Waals surface area contributed by atoms with E-state index in [1.807, 2.05) is 31.1 Å². The highest BCUT2D eigenvalue weighted by Crippen LogP contribution is 2.39. The fourth-order valence-corrected chi connectivity index (χ4v) is 3.92. The Hall–Kier alpha value is -0.820. The lowest BCUT2D eigenvalue weighted by Crippen LogP contribution is -2.21. The maximum absolute atomic E-state index is 6.36. The number of nitrogens with zero attached hydrogens (tertiary/aromatic N) is 3. The van der Waals surface area contributed by atoms with Crippen molar-refractivity contribution < 1.29 is 0 Å². The summed E-state index contributed by atoms with van der Waals surface area (Å²) in [6.07, 6.45) is 1.76. The molecule has 0 aliphatic heterocycles. The van der Waals surface area contributed by atoms with Crippen LogP contribution in [0.4, 0.5) is 5.13 Å². The second-order valence-corrected chi connectivity index (χ2v) is 7.57.